The van der Waals surface area contributed by atoms with Crippen molar-refractivity contribution in [1.82, 2.24) is 0 Å². The molecule has 31 nitrogen and oxygen atoms in total. The molecule has 12 aliphatic rings. The van der Waals surface area contributed by atoms with Crippen LogP contribution in [-0.4, -0.2) is 323 Å². The Hall–Kier alpha value is -1.24. The molecule has 0 radical (unpaired) electrons. The van der Waals surface area contributed by atoms with Gasteiger partial charge in [0.25, 0.3) is 0 Å². The normalized spacial score (nSPS) is 57.5. The van der Waals surface area contributed by atoms with Crippen molar-refractivity contribution in [3.05, 3.63) is 0 Å². The third kappa shape index (κ3) is 12.9. The van der Waals surface area contributed by atoms with Gasteiger partial charge in [-0.05, 0) is 111 Å². The third-order valence-electron chi connectivity index (χ3n) is 24.2. The van der Waals surface area contributed by atoms with Gasteiger partial charge < -0.3 is 153 Å². The molecule has 1 spiro atoms. The first kappa shape index (κ1) is 71.6. The highest BCUT2D eigenvalue weighted by atomic mass is 16.8. The van der Waals surface area contributed by atoms with Crippen molar-refractivity contribution in [3.8, 4) is 0 Å². The van der Waals surface area contributed by atoms with Crippen molar-refractivity contribution in [2.75, 3.05) is 39.6 Å². The molecule has 93 heavy (non-hydrogen) atoms. The molecular formula is C62H102O31. The van der Waals surface area contributed by atoms with Crippen molar-refractivity contribution >= 4 is 0 Å². The maximum Gasteiger partial charge on any atom is 0.187 e. The fourth-order valence-electron chi connectivity index (χ4n) is 18.8. The smallest absolute Gasteiger partial charge is 0.187 e. The van der Waals surface area contributed by atoms with Crippen LogP contribution in [0.3, 0.4) is 0 Å². The van der Waals surface area contributed by atoms with Crippen molar-refractivity contribution < 1.29 is 153 Å². The number of rotatable bonds is 16. The average Bonchev–Trinajstić information content (AvgIpc) is 1.58. The van der Waals surface area contributed by atoms with Crippen LogP contribution in [0.4, 0.5) is 0 Å². The van der Waals surface area contributed by atoms with Crippen LogP contribution in [0.5, 0.6) is 0 Å². The number of hydrogen-bond donors (Lipinski definition) is 17. The fourth-order valence-corrected chi connectivity index (χ4v) is 18.8. The maximum atomic E-state index is 12.1. The van der Waals surface area contributed by atoms with Crippen LogP contribution in [0.25, 0.3) is 0 Å². The van der Waals surface area contributed by atoms with Gasteiger partial charge in [-0.1, -0.05) is 27.7 Å². The summed E-state index contributed by atoms with van der Waals surface area (Å²) in [6.07, 6.45) is -44.6. The Balaban J connectivity index is 0.757. The Bertz CT molecular complexity index is 2450. The van der Waals surface area contributed by atoms with E-state index in [1.807, 2.05) is 0 Å². The van der Waals surface area contributed by atoms with Crippen molar-refractivity contribution in [3.63, 3.8) is 0 Å². The monoisotopic (exact) mass is 1340 g/mol. The van der Waals surface area contributed by atoms with Crippen molar-refractivity contribution in [1.29, 1.82) is 0 Å². The van der Waals surface area contributed by atoms with Crippen LogP contribution in [0.1, 0.15) is 98.8 Å². The lowest BCUT2D eigenvalue weighted by atomic mass is 9.44. The lowest BCUT2D eigenvalue weighted by molar-refractivity contribution is -0.413. The van der Waals surface area contributed by atoms with E-state index in [2.05, 4.69) is 27.7 Å². The molecule has 4 aliphatic carbocycles. The summed E-state index contributed by atoms with van der Waals surface area (Å²) in [4.78, 5) is 0. The highest BCUT2D eigenvalue weighted by Gasteiger charge is 2.70. The van der Waals surface area contributed by atoms with E-state index in [1.54, 1.807) is 0 Å². The van der Waals surface area contributed by atoms with E-state index in [0.29, 0.717) is 48.3 Å². The minimum Gasteiger partial charge on any atom is -0.394 e. The SMILES string of the molecule is CC1CCC2(OC1)OC1CC3C4CCC5CC(OC6OC(CO)C(OC7OC(CO)C(O)C(OC8OC(CO)C(O)C(OC9OCC(O)C(O)C9O)C8O)C7OC7OC(CO)C(OC8OC(C)C(O)C(O)C8O)C(O)C7O)C(O)C6O)CCC5(C)C4CCC3(C)C1C2C. The van der Waals surface area contributed by atoms with E-state index in [9.17, 15) is 86.8 Å². The minimum absolute atomic E-state index is 0.0194. The lowest BCUT2D eigenvalue weighted by Gasteiger charge is -2.61. The predicted octanol–water partition coefficient (Wildman–Crippen LogP) is -5.59. The molecular weight excluding hydrogens is 1240 g/mol. The number of aliphatic hydroxyl groups excluding tert-OH is 17. The van der Waals surface area contributed by atoms with Crippen molar-refractivity contribution in [2.24, 2.45) is 52.3 Å². The van der Waals surface area contributed by atoms with E-state index in [1.165, 1.54) is 6.92 Å². The summed E-state index contributed by atoms with van der Waals surface area (Å²) >= 11 is 0. The van der Waals surface area contributed by atoms with E-state index >= 15 is 0 Å². The van der Waals surface area contributed by atoms with Gasteiger partial charge in [0.2, 0.25) is 0 Å². The molecule has 8 heterocycles. The molecule has 17 N–H and O–H groups in total. The molecule has 0 aromatic carbocycles. The summed E-state index contributed by atoms with van der Waals surface area (Å²) in [6, 6.07) is 0. The van der Waals surface area contributed by atoms with Crippen LogP contribution < -0.4 is 0 Å². The number of hydrogen-bond acceptors (Lipinski definition) is 31. The van der Waals surface area contributed by atoms with E-state index in [0.717, 1.165) is 58.0 Å². The van der Waals surface area contributed by atoms with Gasteiger partial charge in [0.1, 0.15) is 134 Å². The first-order valence-corrected chi connectivity index (χ1v) is 33.6. The molecule has 4 saturated carbocycles. The largest absolute Gasteiger partial charge is 0.394 e. The second kappa shape index (κ2) is 28.3. The number of ether oxygens (including phenoxy) is 14. The summed E-state index contributed by atoms with van der Waals surface area (Å²) in [7, 11) is 0. The molecule has 41 unspecified atom stereocenters. The zero-order valence-corrected chi connectivity index (χ0v) is 53.1. The molecule has 8 aliphatic heterocycles. The Morgan fingerprint density at radius 3 is 1.57 bits per heavy atom. The van der Waals surface area contributed by atoms with E-state index in [4.69, 9.17) is 66.3 Å². The molecule has 0 aromatic heterocycles. The van der Waals surface area contributed by atoms with Crippen LogP contribution in [0, 0.1) is 52.3 Å². The number of fused-ring (bicyclic) bond motifs is 7. The molecule has 0 aromatic rings. The van der Waals surface area contributed by atoms with E-state index in [-0.39, 0.29) is 22.9 Å². The first-order chi connectivity index (χ1) is 44.2. The predicted molar refractivity (Wildman–Crippen MR) is 306 cm³/mol. The molecule has 12 rings (SSSR count). The summed E-state index contributed by atoms with van der Waals surface area (Å²) < 4.78 is 85.6. The molecule has 8 saturated heterocycles. The van der Waals surface area contributed by atoms with Gasteiger partial charge in [0.15, 0.2) is 43.5 Å². The zero-order chi connectivity index (χ0) is 66.7. The quantitative estimate of drug-likeness (QED) is 0.0641. The highest BCUT2D eigenvalue weighted by Crippen LogP contribution is 2.71. The minimum atomic E-state index is -2.24. The summed E-state index contributed by atoms with van der Waals surface area (Å²) in [5.74, 6) is 2.66. The zero-order valence-electron chi connectivity index (χ0n) is 53.1. The molecule has 0 bridgehead atoms. The molecule has 31 heteroatoms. The van der Waals surface area contributed by atoms with Gasteiger partial charge in [-0.25, -0.2) is 0 Å². The van der Waals surface area contributed by atoms with E-state index < -0.39 is 223 Å². The average molecular weight is 1340 g/mol. The van der Waals surface area contributed by atoms with Crippen LogP contribution in [-0.2, 0) is 66.3 Å². The van der Waals surface area contributed by atoms with Crippen LogP contribution in [0.2, 0.25) is 0 Å². The first-order valence-electron chi connectivity index (χ1n) is 33.6. The topological polar surface area (TPSA) is 473 Å². The fraction of sp³-hybridized carbons (Fsp3) is 1.00. The second-order valence-electron chi connectivity index (χ2n) is 29.5. The van der Waals surface area contributed by atoms with Crippen LogP contribution >= 0.6 is 0 Å². The summed E-state index contributed by atoms with van der Waals surface area (Å²) in [5.41, 5.74) is 0.169. The van der Waals surface area contributed by atoms with Gasteiger partial charge in [0, 0.05) is 12.3 Å². The Morgan fingerprint density at radius 2 is 0.935 bits per heavy atom. The molecule has 536 valence electrons. The maximum absolute atomic E-state index is 12.1. The molecule has 0 amide bonds. The van der Waals surface area contributed by atoms with Gasteiger partial charge >= 0.3 is 0 Å². The van der Waals surface area contributed by atoms with Gasteiger partial charge in [-0.3, -0.25) is 0 Å². The van der Waals surface area contributed by atoms with Crippen molar-refractivity contribution in [2.45, 2.75) is 295 Å². The molecule has 41 atom stereocenters. The summed E-state index contributed by atoms with van der Waals surface area (Å²) in [6.45, 7) is 7.18. The van der Waals surface area contributed by atoms with Gasteiger partial charge in [0.05, 0.1) is 58.0 Å². The third-order valence-corrected chi connectivity index (χ3v) is 24.2. The Kier molecular flexibility index (Phi) is 21.8. The second-order valence-corrected chi connectivity index (χ2v) is 29.5. The van der Waals surface area contributed by atoms with Crippen LogP contribution in [0.15, 0.2) is 0 Å². The molecule has 12 fully saturated rings. The standard InChI is InChI=1S/C62H102O31/c1-22-8-13-62(81-20-22)23(2)36-31(93-62)15-29-27-7-6-25-14-26(9-11-60(25,4)28(27)10-12-61(29,36)5)83-56-46(77)42(73)50(35(19-66)86-56)89-59-53(92-57-47(78)43(74)49(34(18-65)87-57)88-55-45(76)41(72)37(68)24(3)82-55)52(40(71)33(17-64)85-59)91-58-48(79)51(39(70)32(16-63)84-58)90-54-44(75)38(69)30(67)21-80-54/h22-59,63-79H,6-21H2,1-5H3. The Labute approximate surface area is 538 Å². The Morgan fingerprint density at radius 1 is 0.409 bits per heavy atom. The summed E-state index contributed by atoms with van der Waals surface area (Å²) in [5, 5.41) is 188. The van der Waals surface area contributed by atoms with Gasteiger partial charge in [-0.2, -0.15) is 0 Å². The van der Waals surface area contributed by atoms with Gasteiger partial charge in [-0.15, -0.1) is 0 Å². The highest BCUT2D eigenvalue weighted by molar-refractivity contribution is 5.16. The lowest BCUT2D eigenvalue weighted by Crippen LogP contribution is -2.69. The number of aliphatic hydroxyl groups is 17.